The van der Waals surface area contributed by atoms with Crippen LogP contribution in [0.5, 0.6) is 5.88 Å². The summed E-state index contributed by atoms with van der Waals surface area (Å²) < 4.78 is 4.83. The Morgan fingerprint density at radius 2 is 1.89 bits per heavy atom. The number of esters is 1. The molecule has 0 aliphatic carbocycles. The second kappa shape index (κ2) is 10.0. The number of piperazine rings is 1. The minimum absolute atomic E-state index is 0.0147. The summed E-state index contributed by atoms with van der Waals surface area (Å²) in [6, 6.07) is 17.5. The van der Waals surface area contributed by atoms with E-state index in [1.54, 1.807) is 23.5 Å². The summed E-state index contributed by atoms with van der Waals surface area (Å²) in [6.45, 7) is 5.29. The topological polar surface area (TPSA) is 81.2 Å². The van der Waals surface area contributed by atoms with Crippen LogP contribution in [0.25, 0.3) is 10.9 Å². The van der Waals surface area contributed by atoms with Crippen LogP contribution in [0.1, 0.15) is 26.4 Å². The van der Waals surface area contributed by atoms with Gasteiger partial charge in [-0.2, -0.15) is 0 Å². The van der Waals surface area contributed by atoms with Crippen LogP contribution < -0.4 is 0 Å². The first-order valence-electron chi connectivity index (χ1n) is 11.6. The van der Waals surface area contributed by atoms with E-state index in [1.165, 1.54) is 12.7 Å². The molecule has 8 heteroatoms. The van der Waals surface area contributed by atoms with E-state index in [9.17, 15) is 9.90 Å². The van der Waals surface area contributed by atoms with Gasteiger partial charge in [-0.25, -0.2) is 9.79 Å². The number of ether oxygens (including phenoxy) is 1. The SMILES string of the molecule is COC(=O)c1ccc2c(C(=Nc3ccc(CN4CCN(C)CC4)cc3)c3cccs3)c(O)[nH]c2c1. The van der Waals surface area contributed by atoms with Crippen molar-refractivity contribution in [3.05, 3.63) is 81.5 Å². The monoisotopic (exact) mass is 488 g/mol. The van der Waals surface area contributed by atoms with Crippen molar-refractivity contribution in [3.8, 4) is 5.88 Å². The number of aromatic hydroxyl groups is 1. The van der Waals surface area contributed by atoms with Crippen molar-refractivity contribution < 1.29 is 14.6 Å². The van der Waals surface area contributed by atoms with Gasteiger partial charge in [0.15, 0.2) is 5.88 Å². The number of aromatic amines is 1. The fourth-order valence-electron chi connectivity index (χ4n) is 4.38. The molecule has 3 heterocycles. The van der Waals surface area contributed by atoms with Crippen molar-refractivity contribution in [2.45, 2.75) is 6.54 Å². The third kappa shape index (κ3) is 5.00. The molecule has 0 saturated carbocycles. The first kappa shape index (κ1) is 23.3. The lowest BCUT2D eigenvalue weighted by molar-refractivity contribution is 0.0601. The summed E-state index contributed by atoms with van der Waals surface area (Å²) in [5.74, 6) is -0.410. The minimum Gasteiger partial charge on any atom is -0.494 e. The first-order chi connectivity index (χ1) is 17.0. The number of nitrogens with zero attached hydrogens (tertiary/aromatic N) is 3. The molecule has 1 fully saturated rings. The standard InChI is InChI=1S/C27H28N4O3S/c1-30-11-13-31(14-12-30)17-18-5-8-20(9-6-18)28-25(23-4-3-15-35-23)24-21-10-7-19(27(33)34-2)16-22(21)29-26(24)32/h3-10,15-16,29,32H,11-14,17H2,1-2H3. The molecule has 1 saturated heterocycles. The molecule has 180 valence electrons. The van der Waals surface area contributed by atoms with Crippen LogP contribution in [0.4, 0.5) is 5.69 Å². The van der Waals surface area contributed by atoms with Gasteiger partial charge in [-0.15, -0.1) is 11.3 Å². The molecule has 2 aromatic carbocycles. The maximum atomic E-state index is 12.0. The molecular formula is C27H28N4O3S. The third-order valence-corrected chi connectivity index (χ3v) is 7.25. The molecule has 7 nitrogen and oxygen atoms in total. The molecule has 0 radical (unpaired) electrons. The van der Waals surface area contributed by atoms with Gasteiger partial charge in [-0.05, 0) is 48.3 Å². The lowest BCUT2D eigenvalue weighted by atomic mass is 10.0. The number of fused-ring (bicyclic) bond motifs is 1. The van der Waals surface area contributed by atoms with Gasteiger partial charge in [-0.3, -0.25) is 4.90 Å². The van der Waals surface area contributed by atoms with Gasteiger partial charge in [0.1, 0.15) is 0 Å². The molecular weight excluding hydrogens is 460 g/mol. The number of thiophene rings is 1. The zero-order valence-electron chi connectivity index (χ0n) is 19.8. The van der Waals surface area contributed by atoms with E-state index >= 15 is 0 Å². The fourth-order valence-corrected chi connectivity index (χ4v) is 5.10. The van der Waals surface area contributed by atoms with Crippen molar-refractivity contribution >= 4 is 39.6 Å². The number of hydrogen-bond acceptors (Lipinski definition) is 7. The Morgan fingerprint density at radius 3 is 2.57 bits per heavy atom. The largest absolute Gasteiger partial charge is 0.494 e. The highest BCUT2D eigenvalue weighted by Crippen LogP contribution is 2.33. The van der Waals surface area contributed by atoms with Crippen molar-refractivity contribution in [1.82, 2.24) is 14.8 Å². The van der Waals surface area contributed by atoms with Gasteiger partial charge in [0, 0.05) is 43.6 Å². The van der Waals surface area contributed by atoms with Crippen molar-refractivity contribution in [2.24, 2.45) is 4.99 Å². The van der Waals surface area contributed by atoms with E-state index < -0.39 is 5.97 Å². The Labute approximate surface area is 208 Å². The molecule has 0 unspecified atom stereocenters. The lowest BCUT2D eigenvalue weighted by Gasteiger charge is -2.32. The molecule has 0 amide bonds. The Hall–Kier alpha value is -3.46. The number of nitrogens with one attached hydrogen (secondary N) is 1. The molecule has 0 atom stereocenters. The first-order valence-corrected chi connectivity index (χ1v) is 12.5. The highest BCUT2D eigenvalue weighted by Gasteiger charge is 2.21. The maximum Gasteiger partial charge on any atom is 0.337 e. The molecule has 4 aromatic rings. The lowest BCUT2D eigenvalue weighted by Crippen LogP contribution is -2.43. The molecule has 5 rings (SSSR count). The number of likely N-dealkylation sites (N-methyl/N-ethyl adjacent to an activating group) is 1. The zero-order valence-corrected chi connectivity index (χ0v) is 20.6. The quantitative estimate of drug-likeness (QED) is 0.305. The summed E-state index contributed by atoms with van der Waals surface area (Å²) >= 11 is 1.56. The molecule has 0 bridgehead atoms. The highest BCUT2D eigenvalue weighted by atomic mass is 32.1. The normalized spacial score (nSPS) is 15.5. The Bertz CT molecular complexity index is 1350. The smallest absolute Gasteiger partial charge is 0.337 e. The Morgan fingerprint density at radius 1 is 1.11 bits per heavy atom. The molecule has 2 N–H and O–H groups in total. The fraction of sp³-hybridized carbons (Fsp3) is 0.259. The number of carbonyl (C=O) groups excluding carboxylic acids is 1. The van der Waals surface area contributed by atoms with Crippen LogP contribution in [-0.2, 0) is 11.3 Å². The van der Waals surface area contributed by atoms with E-state index in [2.05, 4.69) is 34.0 Å². The number of benzene rings is 2. The van der Waals surface area contributed by atoms with Crippen LogP contribution in [-0.4, -0.2) is 71.9 Å². The minimum atomic E-state index is -0.425. The summed E-state index contributed by atoms with van der Waals surface area (Å²) in [7, 11) is 3.51. The molecule has 1 aliphatic heterocycles. The number of H-pyrrole nitrogens is 1. The average Bonchev–Trinajstić information content (AvgIpc) is 3.52. The predicted octanol–water partition coefficient (Wildman–Crippen LogP) is 4.64. The van der Waals surface area contributed by atoms with E-state index in [0.717, 1.165) is 48.7 Å². The Balaban J connectivity index is 1.48. The van der Waals surface area contributed by atoms with Crippen LogP contribution in [0.3, 0.4) is 0 Å². The summed E-state index contributed by atoms with van der Waals surface area (Å²) in [4.78, 5) is 25.7. The molecule has 0 spiro atoms. The maximum absolute atomic E-state index is 12.0. The summed E-state index contributed by atoms with van der Waals surface area (Å²) in [5.41, 5.74) is 4.43. The van der Waals surface area contributed by atoms with Crippen LogP contribution >= 0.6 is 11.3 Å². The average molecular weight is 489 g/mol. The van der Waals surface area contributed by atoms with Crippen molar-refractivity contribution in [3.63, 3.8) is 0 Å². The molecule has 1 aliphatic rings. The van der Waals surface area contributed by atoms with Gasteiger partial charge >= 0.3 is 5.97 Å². The zero-order chi connectivity index (χ0) is 24.4. The van der Waals surface area contributed by atoms with E-state index in [1.807, 2.05) is 35.7 Å². The van der Waals surface area contributed by atoms with Crippen LogP contribution in [0, 0.1) is 0 Å². The second-order valence-electron chi connectivity index (χ2n) is 8.78. The number of rotatable bonds is 6. The number of hydrogen-bond donors (Lipinski definition) is 2. The van der Waals surface area contributed by atoms with E-state index in [-0.39, 0.29) is 5.88 Å². The second-order valence-corrected chi connectivity index (χ2v) is 9.73. The molecule has 2 aromatic heterocycles. The third-order valence-electron chi connectivity index (χ3n) is 6.37. The summed E-state index contributed by atoms with van der Waals surface area (Å²) in [5, 5.41) is 13.6. The van der Waals surface area contributed by atoms with Gasteiger partial charge in [0.25, 0.3) is 0 Å². The molecule has 35 heavy (non-hydrogen) atoms. The number of aliphatic imine (C=N–C) groups is 1. The highest BCUT2D eigenvalue weighted by molar-refractivity contribution is 7.12. The predicted molar refractivity (Wildman–Crippen MR) is 140 cm³/mol. The van der Waals surface area contributed by atoms with E-state index in [0.29, 0.717) is 22.4 Å². The number of aromatic nitrogens is 1. The van der Waals surface area contributed by atoms with Crippen LogP contribution in [0.2, 0.25) is 0 Å². The number of methoxy groups -OCH3 is 1. The van der Waals surface area contributed by atoms with E-state index in [4.69, 9.17) is 9.73 Å². The van der Waals surface area contributed by atoms with Crippen LogP contribution in [0.15, 0.2) is 65.0 Å². The van der Waals surface area contributed by atoms with Crippen molar-refractivity contribution in [2.75, 3.05) is 40.3 Å². The van der Waals surface area contributed by atoms with Crippen molar-refractivity contribution in [1.29, 1.82) is 0 Å². The van der Waals surface area contributed by atoms with Gasteiger partial charge in [0.2, 0.25) is 0 Å². The van der Waals surface area contributed by atoms with Gasteiger partial charge in [0.05, 0.1) is 34.5 Å². The summed E-state index contributed by atoms with van der Waals surface area (Å²) in [6.07, 6.45) is 0. The number of carbonyl (C=O) groups is 1. The van der Waals surface area contributed by atoms with Gasteiger partial charge < -0.3 is 19.7 Å². The van der Waals surface area contributed by atoms with Gasteiger partial charge in [-0.1, -0.05) is 24.3 Å². The Kier molecular flexibility index (Phi) is 6.68.